The van der Waals surface area contributed by atoms with Gasteiger partial charge in [-0.15, -0.1) is 0 Å². The third-order valence-electron chi connectivity index (χ3n) is 8.99. The van der Waals surface area contributed by atoms with Gasteiger partial charge in [0.1, 0.15) is 6.10 Å². The third-order valence-corrected chi connectivity index (χ3v) is 8.99. The lowest BCUT2D eigenvalue weighted by Gasteiger charge is -2.18. The van der Waals surface area contributed by atoms with Crippen LogP contribution in [0.5, 0.6) is 0 Å². The van der Waals surface area contributed by atoms with E-state index in [-0.39, 0.29) is 18.5 Å². The summed E-state index contributed by atoms with van der Waals surface area (Å²) in [5.74, 6) is -0.681. The van der Waals surface area contributed by atoms with Gasteiger partial charge in [0.25, 0.3) is 0 Å². The van der Waals surface area contributed by atoms with Crippen LogP contribution in [0.3, 0.4) is 0 Å². The molecule has 0 aromatic rings. The van der Waals surface area contributed by atoms with Crippen molar-refractivity contribution in [3.05, 3.63) is 12.2 Å². The van der Waals surface area contributed by atoms with Crippen LogP contribution in [0.1, 0.15) is 226 Å². The van der Waals surface area contributed by atoms with Crippen molar-refractivity contribution in [2.45, 2.75) is 232 Å². The van der Waals surface area contributed by atoms with E-state index in [1.807, 2.05) is 0 Å². The van der Waals surface area contributed by atoms with Gasteiger partial charge in [-0.05, 0) is 64.2 Å². The van der Waals surface area contributed by atoms with E-state index in [2.05, 4.69) is 26.0 Å². The van der Waals surface area contributed by atoms with Crippen LogP contribution >= 0.6 is 0 Å². The molecule has 0 aliphatic rings. The normalized spacial score (nSPS) is 12.2. The van der Waals surface area contributed by atoms with Crippen molar-refractivity contribution in [1.29, 1.82) is 0 Å². The maximum Gasteiger partial charge on any atom is 0.306 e. The van der Waals surface area contributed by atoms with Crippen LogP contribution in [0, 0.1) is 0 Å². The number of carboxylic acids is 1. The molecule has 0 rings (SSSR count). The fourth-order valence-electron chi connectivity index (χ4n) is 6.06. The maximum atomic E-state index is 12.6. The molecule has 4 heteroatoms. The minimum absolute atomic E-state index is 0.0102. The second-order valence-electron chi connectivity index (χ2n) is 13.5. The summed E-state index contributed by atoms with van der Waals surface area (Å²) in [6.07, 6.45) is 43.7. The van der Waals surface area contributed by atoms with E-state index < -0.39 is 5.97 Å². The molecule has 0 aliphatic carbocycles. The SMILES string of the molecule is CCCCCCCC/C=C\CCCCCCCCCC(=O)OC(CCCCCCCCCC)CCCCCCCCC(=O)O. The Morgan fingerprint density at radius 2 is 0.818 bits per heavy atom. The Balaban J connectivity index is 3.94. The standard InChI is InChI=1S/C40H76O4/c1-3-5-7-9-11-13-14-15-16-17-18-19-20-21-23-29-33-37-40(43)44-38(34-30-26-22-12-10-8-6-4-2)35-31-27-24-25-28-32-36-39(41)42/h15-16,38H,3-14,17-37H2,1-2H3,(H,41,42)/b16-15-. The van der Waals surface area contributed by atoms with Crippen LogP contribution in [0.4, 0.5) is 0 Å². The van der Waals surface area contributed by atoms with Crippen molar-refractivity contribution in [2.75, 3.05) is 0 Å². The van der Waals surface area contributed by atoms with Crippen molar-refractivity contribution >= 4 is 11.9 Å². The highest BCUT2D eigenvalue weighted by atomic mass is 16.5. The van der Waals surface area contributed by atoms with Crippen molar-refractivity contribution in [3.8, 4) is 0 Å². The van der Waals surface area contributed by atoms with Crippen LogP contribution in [0.25, 0.3) is 0 Å². The number of hydrogen-bond acceptors (Lipinski definition) is 3. The Bertz CT molecular complexity index is 629. The van der Waals surface area contributed by atoms with Gasteiger partial charge in [-0.25, -0.2) is 0 Å². The lowest BCUT2D eigenvalue weighted by molar-refractivity contribution is -0.150. The van der Waals surface area contributed by atoms with E-state index in [0.29, 0.717) is 6.42 Å². The van der Waals surface area contributed by atoms with E-state index in [9.17, 15) is 9.59 Å². The Morgan fingerprint density at radius 3 is 1.23 bits per heavy atom. The molecule has 0 aliphatic heterocycles. The van der Waals surface area contributed by atoms with Gasteiger partial charge in [0.15, 0.2) is 0 Å². The molecular formula is C40H76O4. The summed E-state index contributed by atoms with van der Waals surface area (Å²) >= 11 is 0. The van der Waals surface area contributed by atoms with Crippen LogP contribution in [0.2, 0.25) is 0 Å². The summed E-state index contributed by atoms with van der Waals surface area (Å²) in [6.45, 7) is 4.54. The lowest BCUT2D eigenvalue weighted by Crippen LogP contribution is -2.18. The van der Waals surface area contributed by atoms with E-state index in [1.165, 1.54) is 128 Å². The largest absolute Gasteiger partial charge is 0.481 e. The molecule has 1 atom stereocenters. The number of allylic oxidation sites excluding steroid dienone is 2. The first-order valence-corrected chi connectivity index (χ1v) is 19.7. The molecule has 260 valence electrons. The van der Waals surface area contributed by atoms with Gasteiger partial charge in [-0.2, -0.15) is 0 Å². The average molecular weight is 621 g/mol. The monoisotopic (exact) mass is 621 g/mol. The molecule has 0 aromatic heterocycles. The number of rotatable bonds is 36. The Morgan fingerprint density at radius 1 is 0.477 bits per heavy atom. The Kier molecular flexibility index (Phi) is 35.1. The number of hydrogen-bond donors (Lipinski definition) is 1. The lowest BCUT2D eigenvalue weighted by atomic mass is 10.0. The van der Waals surface area contributed by atoms with Crippen LogP contribution < -0.4 is 0 Å². The molecule has 0 bridgehead atoms. The Hall–Kier alpha value is -1.32. The highest BCUT2D eigenvalue weighted by molar-refractivity contribution is 5.69. The van der Waals surface area contributed by atoms with Crippen molar-refractivity contribution < 1.29 is 19.4 Å². The summed E-state index contributed by atoms with van der Waals surface area (Å²) in [7, 11) is 0. The molecule has 0 saturated heterocycles. The van der Waals surface area contributed by atoms with Crippen LogP contribution in [-0.2, 0) is 14.3 Å². The molecule has 0 amide bonds. The first-order chi connectivity index (χ1) is 21.6. The molecule has 0 fully saturated rings. The molecule has 0 spiro atoms. The third kappa shape index (κ3) is 35.2. The molecule has 0 heterocycles. The zero-order chi connectivity index (χ0) is 32.2. The average Bonchev–Trinajstić information content (AvgIpc) is 3.01. The quantitative estimate of drug-likeness (QED) is 0.0430. The smallest absolute Gasteiger partial charge is 0.306 e. The molecule has 1 unspecified atom stereocenters. The summed E-state index contributed by atoms with van der Waals surface area (Å²) in [6, 6.07) is 0. The summed E-state index contributed by atoms with van der Waals surface area (Å²) in [5.41, 5.74) is 0. The van der Waals surface area contributed by atoms with E-state index >= 15 is 0 Å². The van der Waals surface area contributed by atoms with Crippen molar-refractivity contribution in [2.24, 2.45) is 0 Å². The molecular weight excluding hydrogens is 544 g/mol. The number of carbonyl (C=O) groups excluding carboxylic acids is 1. The van der Waals surface area contributed by atoms with E-state index in [1.54, 1.807) is 0 Å². The number of aliphatic carboxylic acids is 1. The number of carbonyl (C=O) groups is 2. The summed E-state index contributed by atoms with van der Waals surface area (Å²) in [5, 5.41) is 8.77. The summed E-state index contributed by atoms with van der Waals surface area (Å²) < 4.78 is 6.00. The van der Waals surface area contributed by atoms with Crippen molar-refractivity contribution in [1.82, 2.24) is 0 Å². The predicted octanol–water partition coefficient (Wildman–Crippen LogP) is 13.5. The second kappa shape index (κ2) is 36.2. The fourth-order valence-corrected chi connectivity index (χ4v) is 6.06. The van der Waals surface area contributed by atoms with Crippen LogP contribution in [0.15, 0.2) is 12.2 Å². The first-order valence-electron chi connectivity index (χ1n) is 19.7. The van der Waals surface area contributed by atoms with Gasteiger partial charge in [-0.1, -0.05) is 161 Å². The molecule has 44 heavy (non-hydrogen) atoms. The zero-order valence-electron chi connectivity index (χ0n) is 29.7. The zero-order valence-corrected chi connectivity index (χ0v) is 29.7. The van der Waals surface area contributed by atoms with Gasteiger partial charge in [0.2, 0.25) is 0 Å². The topological polar surface area (TPSA) is 63.6 Å². The van der Waals surface area contributed by atoms with Crippen molar-refractivity contribution in [3.63, 3.8) is 0 Å². The van der Waals surface area contributed by atoms with Gasteiger partial charge in [0.05, 0.1) is 0 Å². The highest BCUT2D eigenvalue weighted by Gasteiger charge is 2.14. The number of esters is 1. The minimum Gasteiger partial charge on any atom is -0.481 e. The fraction of sp³-hybridized carbons (Fsp3) is 0.900. The van der Waals surface area contributed by atoms with Gasteiger partial charge >= 0.3 is 11.9 Å². The number of unbranched alkanes of at least 4 members (excludes halogenated alkanes) is 25. The van der Waals surface area contributed by atoms with E-state index in [0.717, 1.165) is 70.6 Å². The minimum atomic E-state index is -0.691. The summed E-state index contributed by atoms with van der Waals surface area (Å²) in [4.78, 5) is 23.3. The van der Waals surface area contributed by atoms with Gasteiger partial charge in [-0.3, -0.25) is 9.59 Å². The molecule has 0 radical (unpaired) electrons. The molecule has 4 nitrogen and oxygen atoms in total. The first kappa shape index (κ1) is 42.7. The maximum absolute atomic E-state index is 12.6. The molecule has 1 N–H and O–H groups in total. The molecule has 0 saturated carbocycles. The van der Waals surface area contributed by atoms with Gasteiger partial charge < -0.3 is 9.84 Å². The number of carboxylic acid groups (broad SMARTS) is 1. The second-order valence-corrected chi connectivity index (χ2v) is 13.5. The van der Waals surface area contributed by atoms with Crippen LogP contribution in [-0.4, -0.2) is 23.1 Å². The Labute approximate surface area is 275 Å². The van der Waals surface area contributed by atoms with E-state index in [4.69, 9.17) is 9.84 Å². The highest BCUT2D eigenvalue weighted by Crippen LogP contribution is 2.19. The number of ether oxygens (including phenoxy) is 1. The molecule has 0 aromatic carbocycles. The predicted molar refractivity (Wildman–Crippen MR) is 190 cm³/mol. The van der Waals surface area contributed by atoms with Gasteiger partial charge in [0, 0.05) is 12.8 Å².